The zero-order valence-corrected chi connectivity index (χ0v) is 39.4. The van der Waals surface area contributed by atoms with Crippen molar-refractivity contribution in [3.8, 4) is 66.8 Å². The van der Waals surface area contributed by atoms with Crippen molar-refractivity contribution in [2.75, 3.05) is 0 Å². The van der Waals surface area contributed by atoms with E-state index in [1.165, 1.54) is 23.3 Å². The minimum Gasteiger partial charge on any atom is -0.478 e. The first kappa shape index (κ1) is 49.5. The molecule has 0 aromatic heterocycles. The van der Waals surface area contributed by atoms with Crippen LogP contribution in [0.15, 0.2) is 255 Å². The fourth-order valence-corrected chi connectivity index (χ4v) is 8.86. The van der Waals surface area contributed by atoms with Crippen LogP contribution in [0.3, 0.4) is 0 Å². The Balaban J connectivity index is 0.000000157. The molecule has 10 aromatic carbocycles. The van der Waals surface area contributed by atoms with Crippen LogP contribution in [0.25, 0.3) is 66.8 Å². The van der Waals surface area contributed by atoms with Gasteiger partial charge in [0.05, 0.1) is 22.3 Å². The van der Waals surface area contributed by atoms with Gasteiger partial charge in [0.25, 0.3) is 0 Å². The van der Waals surface area contributed by atoms with E-state index < -0.39 is 23.9 Å². The van der Waals surface area contributed by atoms with E-state index in [4.69, 9.17) is 0 Å². The third-order valence-electron chi connectivity index (χ3n) is 12.1. The summed E-state index contributed by atoms with van der Waals surface area (Å²) in [6, 6.07) is 79.8. The van der Waals surface area contributed by atoms with Gasteiger partial charge in [0.2, 0.25) is 0 Å². The van der Waals surface area contributed by atoms with Gasteiger partial charge in [0.15, 0.2) is 0 Å². The number of hydrogen-bond acceptors (Lipinski definition) is 4. The van der Waals surface area contributed by atoms with Gasteiger partial charge in [-0.2, -0.15) is 0 Å². The standard InChI is InChI=1S/2C26H18O4.C13H12/c2*27-25(28)21-16-20(17-10-4-1-5-11-17)22(18-12-6-2-7-13-18)23(24(21)26(29)30)19-14-8-3-9-15-19;1-3-7-12(8-4-1)11-13-9-5-2-6-10-13/h2*1-16H,(H,27,28)(H,29,30);1-10H,11H2. The van der Waals surface area contributed by atoms with Crippen LogP contribution >= 0.6 is 0 Å². The first-order chi connectivity index (χ1) is 35.6. The molecule has 4 N–H and O–H groups in total. The summed E-state index contributed by atoms with van der Waals surface area (Å²) in [5, 5.41) is 39.8. The summed E-state index contributed by atoms with van der Waals surface area (Å²) in [6.45, 7) is 0. The highest BCUT2D eigenvalue weighted by molar-refractivity contribution is 6.14. The predicted molar refractivity (Wildman–Crippen MR) is 289 cm³/mol. The second kappa shape index (κ2) is 23.6. The van der Waals surface area contributed by atoms with Crippen molar-refractivity contribution in [3.63, 3.8) is 0 Å². The summed E-state index contributed by atoms with van der Waals surface area (Å²) in [5.74, 6) is -5.10. The molecule has 0 aliphatic rings. The molecule has 8 heteroatoms. The Kier molecular flexibility index (Phi) is 16.0. The fraction of sp³-hybridized carbons (Fsp3) is 0.0154. The molecule has 356 valence electrons. The smallest absolute Gasteiger partial charge is 0.337 e. The monoisotopic (exact) mass is 956 g/mol. The predicted octanol–water partition coefficient (Wildman–Crippen LogP) is 15.4. The molecule has 10 aromatic rings. The maximum atomic E-state index is 12.3. The van der Waals surface area contributed by atoms with E-state index in [1.807, 2.05) is 158 Å². The van der Waals surface area contributed by atoms with Crippen LogP contribution in [-0.4, -0.2) is 44.3 Å². The van der Waals surface area contributed by atoms with Crippen molar-refractivity contribution < 1.29 is 39.6 Å². The first-order valence-corrected chi connectivity index (χ1v) is 23.4. The van der Waals surface area contributed by atoms with Gasteiger partial charge in [-0.05, 0) is 85.3 Å². The molecule has 0 atom stereocenters. The molecule has 0 spiro atoms. The lowest BCUT2D eigenvalue weighted by Gasteiger charge is -2.20. The second-order valence-electron chi connectivity index (χ2n) is 16.8. The highest BCUT2D eigenvalue weighted by Gasteiger charge is 2.29. The summed E-state index contributed by atoms with van der Waals surface area (Å²) in [4.78, 5) is 48.7. The molecule has 0 radical (unpaired) electrons. The van der Waals surface area contributed by atoms with Gasteiger partial charge in [0, 0.05) is 11.1 Å². The summed E-state index contributed by atoms with van der Waals surface area (Å²) >= 11 is 0. The number of aromatic carboxylic acids is 4. The molecule has 0 amide bonds. The zero-order chi connectivity index (χ0) is 51.1. The third kappa shape index (κ3) is 11.8. The van der Waals surface area contributed by atoms with Gasteiger partial charge >= 0.3 is 23.9 Å². The minimum absolute atomic E-state index is 0.216. The van der Waals surface area contributed by atoms with Gasteiger partial charge in [-0.1, -0.05) is 243 Å². The lowest BCUT2D eigenvalue weighted by atomic mass is 9.82. The topological polar surface area (TPSA) is 149 Å². The number of carbonyl (C=O) groups is 4. The number of carboxylic acid groups (broad SMARTS) is 4. The first-order valence-electron chi connectivity index (χ1n) is 23.4. The molecular formula is C65H48O8. The van der Waals surface area contributed by atoms with Gasteiger partial charge in [-0.25, -0.2) is 19.2 Å². The van der Waals surface area contributed by atoms with Crippen LogP contribution in [0.2, 0.25) is 0 Å². The average molecular weight is 957 g/mol. The second-order valence-corrected chi connectivity index (χ2v) is 16.8. The Morgan fingerprint density at radius 1 is 0.260 bits per heavy atom. The van der Waals surface area contributed by atoms with Crippen LogP contribution in [-0.2, 0) is 6.42 Å². The minimum atomic E-state index is -1.28. The largest absolute Gasteiger partial charge is 0.478 e. The molecule has 0 aliphatic heterocycles. The number of carboxylic acids is 4. The number of benzene rings is 10. The Morgan fingerprint density at radius 2 is 0.479 bits per heavy atom. The molecule has 0 fully saturated rings. The van der Waals surface area contributed by atoms with E-state index in [0.29, 0.717) is 44.5 Å². The van der Waals surface area contributed by atoms with Crippen molar-refractivity contribution in [1.29, 1.82) is 0 Å². The summed E-state index contributed by atoms with van der Waals surface area (Å²) in [5.41, 5.74) is 9.90. The van der Waals surface area contributed by atoms with Gasteiger partial charge in [-0.3, -0.25) is 0 Å². The van der Waals surface area contributed by atoms with E-state index in [0.717, 1.165) is 28.7 Å². The van der Waals surface area contributed by atoms with Crippen molar-refractivity contribution >= 4 is 23.9 Å². The molecule has 0 bridgehead atoms. The average Bonchev–Trinajstić information content (AvgIpc) is 3.44. The quantitative estimate of drug-likeness (QED) is 0.0946. The lowest BCUT2D eigenvalue weighted by Crippen LogP contribution is -2.12. The Hall–Kier alpha value is -9.92. The van der Waals surface area contributed by atoms with E-state index in [2.05, 4.69) is 60.7 Å². The van der Waals surface area contributed by atoms with Gasteiger partial charge in [-0.15, -0.1) is 0 Å². The Bertz CT molecular complexity index is 3240. The number of hydrogen-bond donors (Lipinski definition) is 4. The molecule has 0 unspecified atom stereocenters. The molecule has 8 nitrogen and oxygen atoms in total. The molecule has 73 heavy (non-hydrogen) atoms. The van der Waals surface area contributed by atoms with E-state index in [1.54, 1.807) is 24.3 Å². The van der Waals surface area contributed by atoms with E-state index in [9.17, 15) is 39.6 Å². The van der Waals surface area contributed by atoms with Crippen LogP contribution in [0.5, 0.6) is 0 Å². The molecular weight excluding hydrogens is 909 g/mol. The van der Waals surface area contributed by atoms with Crippen molar-refractivity contribution in [2.45, 2.75) is 6.42 Å². The van der Waals surface area contributed by atoms with Crippen molar-refractivity contribution in [1.82, 2.24) is 0 Å². The summed E-state index contributed by atoms with van der Waals surface area (Å²) in [7, 11) is 0. The highest BCUT2D eigenvalue weighted by atomic mass is 16.4. The SMILES string of the molecule is O=C(O)c1cc(-c2ccccc2)c(-c2ccccc2)c(-c2ccccc2)c1C(=O)O.O=C(O)c1cc(-c2ccccc2)c(-c2ccccc2)c(-c2ccccc2)c1C(=O)O.c1ccc(Cc2ccccc2)cc1. The molecule has 0 aliphatic carbocycles. The Morgan fingerprint density at radius 3 is 0.712 bits per heavy atom. The van der Waals surface area contributed by atoms with Crippen molar-refractivity contribution in [2.24, 2.45) is 0 Å². The summed E-state index contributed by atoms with van der Waals surface area (Å²) in [6.07, 6.45) is 1.03. The summed E-state index contributed by atoms with van der Waals surface area (Å²) < 4.78 is 0. The Labute approximate surface area is 423 Å². The van der Waals surface area contributed by atoms with E-state index >= 15 is 0 Å². The van der Waals surface area contributed by atoms with Gasteiger partial charge in [0.1, 0.15) is 0 Å². The highest BCUT2D eigenvalue weighted by Crippen LogP contribution is 2.45. The lowest BCUT2D eigenvalue weighted by molar-refractivity contribution is 0.0652. The van der Waals surface area contributed by atoms with Crippen LogP contribution in [0.4, 0.5) is 0 Å². The third-order valence-corrected chi connectivity index (χ3v) is 12.1. The maximum Gasteiger partial charge on any atom is 0.337 e. The van der Waals surface area contributed by atoms with Crippen molar-refractivity contribution in [3.05, 3.63) is 288 Å². The van der Waals surface area contributed by atoms with Crippen LogP contribution in [0, 0.1) is 0 Å². The maximum absolute atomic E-state index is 12.3. The number of rotatable bonds is 12. The molecule has 0 saturated carbocycles. The van der Waals surface area contributed by atoms with Crippen LogP contribution < -0.4 is 0 Å². The molecule has 0 saturated heterocycles. The normalized spacial score (nSPS) is 10.4. The van der Waals surface area contributed by atoms with Gasteiger partial charge < -0.3 is 20.4 Å². The molecule has 10 rings (SSSR count). The fourth-order valence-electron chi connectivity index (χ4n) is 8.86. The molecule has 0 heterocycles. The van der Waals surface area contributed by atoms with E-state index in [-0.39, 0.29) is 22.3 Å². The zero-order valence-electron chi connectivity index (χ0n) is 39.4. The van der Waals surface area contributed by atoms with Crippen LogP contribution in [0.1, 0.15) is 52.6 Å².